The first-order chi connectivity index (χ1) is 7.75. The van der Waals surface area contributed by atoms with Gasteiger partial charge in [-0.2, -0.15) is 12.7 Å². The molecule has 1 heterocycles. The normalized spacial score (nSPS) is 24.4. The third-order valence-electron chi connectivity index (χ3n) is 2.05. The average molecular weight is 283 g/mol. The van der Waals surface area contributed by atoms with Crippen LogP contribution < -0.4 is 11.1 Å². The maximum Gasteiger partial charge on any atom is 0.363 e. The fourth-order valence-corrected chi connectivity index (χ4v) is 3.56. The van der Waals surface area contributed by atoms with Gasteiger partial charge < -0.3 is 11.1 Å². The first-order valence-corrected chi connectivity index (χ1v) is 7.12. The number of amides is 2. The third-order valence-corrected chi connectivity index (χ3v) is 4.38. The van der Waals surface area contributed by atoms with Gasteiger partial charge in [-0.05, 0) is 0 Å². The lowest BCUT2D eigenvalue weighted by Gasteiger charge is -2.41. The van der Waals surface area contributed by atoms with Crippen LogP contribution in [0.25, 0.3) is 0 Å². The molecule has 17 heavy (non-hydrogen) atoms. The van der Waals surface area contributed by atoms with Crippen molar-refractivity contribution in [2.24, 2.45) is 5.73 Å². The SMILES string of the molecule is CC(=O)NCCS[C@H]1[C@@H](N)C(=O)N1S(=O)(=O)O. The summed E-state index contributed by atoms with van der Waals surface area (Å²) >= 11 is 1.08. The summed E-state index contributed by atoms with van der Waals surface area (Å²) in [5, 5.41) is 1.70. The van der Waals surface area contributed by atoms with Crippen molar-refractivity contribution in [1.29, 1.82) is 0 Å². The second kappa shape index (κ2) is 5.21. The van der Waals surface area contributed by atoms with Gasteiger partial charge >= 0.3 is 10.3 Å². The highest BCUT2D eigenvalue weighted by molar-refractivity contribution is 8.00. The molecule has 1 rings (SSSR count). The predicted molar refractivity (Wildman–Crippen MR) is 61.3 cm³/mol. The molecule has 0 spiro atoms. The van der Waals surface area contributed by atoms with Crippen molar-refractivity contribution in [2.45, 2.75) is 18.3 Å². The van der Waals surface area contributed by atoms with Gasteiger partial charge in [0.1, 0.15) is 11.4 Å². The van der Waals surface area contributed by atoms with Crippen LogP contribution in [0.3, 0.4) is 0 Å². The Morgan fingerprint density at radius 2 is 2.24 bits per heavy atom. The highest BCUT2D eigenvalue weighted by Crippen LogP contribution is 2.30. The smallest absolute Gasteiger partial charge is 0.356 e. The number of nitrogens with two attached hydrogens (primary N) is 1. The summed E-state index contributed by atoms with van der Waals surface area (Å²) in [5.41, 5.74) is 5.42. The molecule has 2 amide bonds. The molecule has 1 saturated heterocycles. The lowest BCUT2D eigenvalue weighted by molar-refractivity contribution is -0.137. The van der Waals surface area contributed by atoms with E-state index in [1.54, 1.807) is 0 Å². The number of nitrogens with one attached hydrogen (secondary N) is 1. The average Bonchev–Trinajstić information content (AvgIpc) is 2.19. The maximum absolute atomic E-state index is 11.1. The second-order valence-electron chi connectivity index (χ2n) is 3.38. The molecule has 0 aromatic heterocycles. The number of rotatable bonds is 5. The molecule has 0 bridgehead atoms. The Kier molecular flexibility index (Phi) is 4.36. The van der Waals surface area contributed by atoms with Crippen LogP contribution in [0.4, 0.5) is 0 Å². The zero-order valence-corrected chi connectivity index (χ0v) is 10.6. The van der Waals surface area contributed by atoms with Crippen LogP contribution >= 0.6 is 11.8 Å². The minimum absolute atomic E-state index is 0.203. The number of carbonyl (C=O) groups is 2. The molecule has 98 valence electrons. The van der Waals surface area contributed by atoms with Crippen molar-refractivity contribution in [2.75, 3.05) is 12.3 Å². The Hall–Kier alpha value is -0.840. The maximum atomic E-state index is 11.1. The highest BCUT2D eigenvalue weighted by Gasteiger charge is 2.51. The third kappa shape index (κ3) is 3.31. The minimum atomic E-state index is -4.56. The molecule has 0 aromatic rings. The monoisotopic (exact) mass is 283 g/mol. The summed E-state index contributed by atoms with van der Waals surface area (Å²) in [7, 11) is -4.56. The first kappa shape index (κ1) is 14.2. The van der Waals surface area contributed by atoms with Crippen LogP contribution in [0.5, 0.6) is 0 Å². The number of thioether (sulfide) groups is 1. The van der Waals surface area contributed by atoms with Gasteiger partial charge in [0.25, 0.3) is 5.91 Å². The van der Waals surface area contributed by atoms with Crippen molar-refractivity contribution in [3.8, 4) is 0 Å². The van der Waals surface area contributed by atoms with Gasteiger partial charge in [0, 0.05) is 19.2 Å². The van der Waals surface area contributed by atoms with Crippen LogP contribution in [0.15, 0.2) is 0 Å². The van der Waals surface area contributed by atoms with E-state index >= 15 is 0 Å². The van der Waals surface area contributed by atoms with E-state index in [4.69, 9.17) is 10.3 Å². The number of hydrogen-bond donors (Lipinski definition) is 3. The quantitative estimate of drug-likeness (QED) is 0.307. The largest absolute Gasteiger partial charge is 0.363 e. The Balaban J connectivity index is 2.47. The van der Waals surface area contributed by atoms with Crippen molar-refractivity contribution < 1.29 is 22.6 Å². The zero-order chi connectivity index (χ0) is 13.2. The molecule has 0 unspecified atom stereocenters. The first-order valence-electron chi connectivity index (χ1n) is 4.67. The zero-order valence-electron chi connectivity index (χ0n) is 8.99. The van der Waals surface area contributed by atoms with E-state index in [-0.39, 0.29) is 5.91 Å². The van der Waals surface area contributed by atoms with E-state index in [9.17, 15) is 18.0 Å². The summed E-state index contributed by atoms with van der Waals surface area (Å²) in [5.74, 6) is -0.646. The molecule has 0 radical (unpaired) electrons. The number of hydrogen-bond acceptors (Lipinski definition) is 6. The molecule has 0 aliphatic carbocycles. The van der Waals surface area contributed by atoms with Crippen molar-refractivity contribution in [3.05, 3.63) is 0 Å². The van der Waals surface area contributed by atoms with E-state index in [0.717, 1.165) is 11.8 Å². The van der Waals surface area contributed by atoms with Crippen LogP contribution in [-0.2, 0) is 19.9 Å². The summed E-state index contributed by atoms with van der Waals surface area (Å²) in [4.78, 5) is 21.7. The van der Waals surface area contributed by atoms with E-state index < -0.39 is 27.6 Å². The van der Waals surface area contributed by atoms with Gasteiger partial charge in [-0.15, -0.1) is 11.8 Å². The molecule has 1 fully saturated rings. The van der Waals surface area contributed by atoms with Crippen LogP contribution in [-0.4, -0.2) is 52.8 Å². The fraction of sp³-hybridized carbons (Fsp3) is 0.714. The topological polar surface area (TPSA) is 130 Å². The fourth-order valence-electron chi connectivity index (χ4n) is 1.28. The number of carbonyl (C=O) groups excluding carboxylic acids is 2. The van der Waals surface area contributed by atoms with E-state index in [1.807, 2.05) is 0 Å². The van der Waals surface area contributed by atoms with Gasteiger partial charge in [0.2, 0.25) is 5.91 Å². The minimum Gasteiger partial charge on any atom is -0.356 e. The predicted octanol–water partition coefficient (Wildman–Crippen LogP) is -1.85. The van der Waals surface area contributed by atoms with E-state index in [2.05, 4.69) is 5.32 Å². The summed E-state index contributed by atoms with van der Waals surface area (Å²) in [6.45, 7) is 1.69. The summed E-state index contributed by atoms with van der Waals surface area (Å²) < 4.78 is 30.8. The molecular weight excluding hydrogens is 270 g/mol. The summed E-state index contributed by atoms with van der Waals surface area (Å²) in [6, 6.07) is -0.945. The molecule has 10 heteroatoms. The lowest BCUT2D eigenvalue weighted by Crippen LogP contribution is -2.68. The molecule has 4 N–H and O–H groups in total. The second-order valence-corrected chi connectivity index (χ2v) is 5.90. The Bertz CT molecular complexity index is 423. The molecule has 0 saturated carbocycles. The van der Waals surface area contributed by atoms with Gasteiger partial charge in [-0.3, -0.25) is 14.1 Å². The van der Waals surface area contributed by atoms with Gasteiger partial charge in [0.15, 0.2) is 0 Å². The highest BCUT2D eigenvalue weighted by atomic mass is 32.2. The van der Waals surface area contributed by atoms with Gasteiger partial charge in [0.05, 0.1) is 0 Å². The summed E-state index contributed by atoms with van der Waals surface area (Å²) in [6.07, 6.45) is 0. The van der Waals surface area contributed by atoms with Crippen LogP contribution in [0, 0.1) is 0 Å². The standard InChI is InChI=1S/C7H13N3O5S2/c1-4(11)9-2-3-16-7-5(8)6(12)10(7)17(13,14)15/h5,7H,2-3,8H2,1H3,(H,9,11)(H,13,14,15)/t5-,7-/m0/s1. The van der Waals surface area contributed by atoms with Gasteiger partial charge in [-0.1, -0.05) is 0 Å². The van der Waals surface area contributed by atoms with Crippen molar-refractivity contribution >= 4 is 33.9 Å². The molecule has 1 aliphatic heterocycles. The van der Waals surface area contributed by atoms with E-state index in [1.165, 1.54) is 6.92 Å². The molecule has 2 atom stereocenters. The molecule has 8 nitrogen and oxygen atoms in total. The molecule has 1 aliphatic rings. The lowest BCUT2D eigenvalue weighted by atomic mass is 10.2. The van der Waals surface area contributed by atoms with E-state index in [0.29, 0.717) is 16.6 Å². The Morgan fingerprint density at radius 1 is 1.65 bits per heavy atom. The van der Waals surface area contributed by atoms with Crippen LogP contribution in [0.2, 0.25) is 0 Å². The molecule has 0 aromatic carbocycles. The van der Waals surface area contributed by atoms with Crippen molar-refractivity contribution in [3.63, 3.8) is 0 Å². The molecular formula is C7H13N3O5S2. The van der Waals surface area contributed by atoms with Crippen molar-refractivity contribution in [1.82, 2.24) is 9.62 Å². The van der Waals surface area contributed by atoms with Crippen LogP contribution in [0.1, 0.15) is 6.92 Å². The number of nitrogens with zero attached hydrogens (tertiary/aromatic N) is 1. The Labute approximate surface area is 103 Å². The van der Waals surface area contributed by atoms with Gasteiger partial charge in [-0.25, -0.2) is 0 Å². The number of β-lactam (4-membered cyclic amide) rings is 1. The Morgan fingerprint density at radius 3 is 2.71 bits per heavy atom.